The van der Waals surface area contributed by atoms with Crippen LogP contribution in [0.15, 0.2) is 88.2 Å². The Labute approximate surface area is 219 Å². The molecule has 6 nitrogen and oxygen atoms in total. The Morgan fingerprint density at radius 3 is 2.19 bits per heavy atom. The summed E-state index contributed by atoms with van der Waals surface area (Å²) in [7, 11) is 0.167. The Morgan fingerprint density at radius 2 is 1.51 bits per heavy atom. The molecule has 4 rings (SSSR count). The van der Waals surface area contributed by atoms with E-state index in [-0.39, 0.29) is 10.7 Å². The van der Waals surface area contributed by atoms with Crippen molar-refractivity contribution in [3.8, 4) is 0 Å². The lowest BCUT2D eigenvalue weighted by atomic mass is 9.98. The van der Waals surface area contributed by atoms with Crippen LogP contribution in [0.5, 0.6) is 0 Å². The van der Waals surface area contributed by atoms with Crippen LogP contribution >= 0.6 is 0 Å². The molecule has 4 aromatic rings. The smallest absolute Gasteiger partial charge is 0.264 e. The average Bonchev–Trinajstić information content (AvgIpc) is 3.28. The van der Waals surface area contributed by atoms with Gasteiger partial charge in [-0.2, -0.15) is 0 Å². The highest BCUT2D eigenvalue weighted by Crippen LogP contribution is 2.31. The number of anilines is 1. The summed E-state index contributed by atoms with van der Waals surface area (Å²) in [5.74, 6) is 0.585. The fourth-order valence-corrected chi connectivity index (χ4v) is 5.94. The molecule has 0 atom stereocenters. The number of carbonyl (C=O) groups is 1. The van der Waals surface area contributed by atoms with Gasteiger partial charge < -0.3 is 9.32 Å². The van der Waals surface area contributed by atoms with Crippen molar-refractivity contribution in [1.82, 2.24) is 4.90 Å². The van der Waals surface area contributed by atoms with Crippen molar-refractivity contribution in [3.63, 3.8) is 0 Å². The largest absolute Gasteiger partial charge is 0.460 e. The van der Waals surface area contributed by atoms with Gasteiger partial charge in [0.2, 0.25) is 0 Å². The van der Waals surface area contributed by atoms with Crippen molar-refractivity contribution in [2.24, 2.45) is 0 Å². The summed E-state index contributed by atoms with van der Waals surface area (Å²) in [4.78, 5) is 15.9. The second-order valence-electron chi connectivity index (χ2n) is 9.42. The van der Waals surface area contributed by atoms with Crippen LogP contribution in [0, 0.1) is 0 Å². The van der Waals surface area contributed by atoms with E-state index < -0.39 is 10.0 Å². The van der Waals surface area contributed by atoms with Gasteiger partial charge >= 0.3 is 0 Å². The van der Waals surface area contributed by atoms with Gasteiger partial charge in [-0.15, -0.1) is 0 Å². The summed E-state index contributed by atoms with van der Waals surface area (Å²) in [5.41, 5.74) is 2.33. The van der Waals surface area contributed by atoms with E-state index in [1.165, 1.54) is 4.31 Å². The highest BCUT2D eigenvalue weighted by Gasteiger charge is 2.26. The maximum atomic E-state index is 13.7. The van der Waals surface area contributed by atoms with Crippen molar-refractivity contribution in [3.05, 3.63) is 95.7 Å². The average molecular weight is 519 g/mol. The molecule has 194 valence electrons. The maximum absolute atomic E-state index is 13.7. The number of ketones is 1. The van der Waals surface area contributed by atoms with E-state index in [1.54, 1.807) is 54.6 Å². The molecule has 0 bridgehead atoms. The summed E-state index contributed by atoms with van der Waals surface area (Å²) in [6, 6.07) is 22.9. The molecule has 0 saturated heterocycles. The Hall–Kier alpha value is -3.42. The fraction of sp³-hybridized carbons (Fsp3) is 0.300. The lowest BCUT2D eigenvalue weighted by molar-refractivity contribution is 0.103. The molecule has 0 N–H and O–H groups in total. The Kier molecular flexibility index (Phi) is 8.46. The summed E-state index contributed by atoms with van der Waals surface area (Å²) in [6.07, 6.45) is 3.29. The summed E-state index contributed by atoms with van der Waals surface area (Å²) in [5, 5.41) is 0.805. The standard InChI is InChI=1S/C30H34N2O4S/c1-4-5-15-28-29(26-14-9-10-16-27(26)36-28)30(33)23-17-19-24(20-18-23)32(22-11-21-31(2)3)37(34,35)25-12-7-6-8-13-25/h6-10,12-14,16-20H,4-5,11,15,21-22H2,1-3H3. The van der Waals surface area contributed by atoms with Crippen molar-refractivity contribution in [1.29, 1.82) is 0 Å². The Bertz CT molecular complexity index is 1440. The normalized spacial score (nSPS) is 11.8. The second-order valence-corrected chi connectivity index (χ2v) is 11.3. The van der Waals surface area contributed by atoms with Gasteiger partial charge in [0.1, 0.15) is 11.3 Å². The highest BCUT2D eigenvalue weighted by molar-refractivity contribution is 7.92. The predicted octanol–water partition coefficient (Wildman–Crippen LogP) is 6.15. The van der Waals surface area contributed by atoms with E-state index in [2.05, 4.69) is 6.92 Å². The second kappa shape index (κ2) is 11.8. The van der Waals surface area contributed by atoms with Gasteiger partial charge in [-0.05, 0) is 75.9 Å². The van der Waals surface area contributed by atoms with Gasteiger partial charge in [-0.1, -0.05) is 49.7 Å². The van der Waals surface area contributed by atoms with Gasteiger partial charge in [-0.3, -0.25) is 9.10 Å². The zero-order valence-corrected chi connectivity index (χ0v) is 22.5. The number of aryl methyl sites for hydroxylation is 1. The number of hydrogen-bond acceptors (Lipinski definition) is 5. The zero-order chi connectivity index (χ0) is 26.4. The molecule has 0 unspecified atom stereocenters. The van der Waals surface area contributed by atoms with E-state index in [9.17, 15) is 13.2 Å². The van der Waals surface area contributed by atoms with Crippen molar-refractivity contribution >= 4 is 32.5 Å². The molecule has 37 heavy (non-hydrogen) atoms. The SMILES string of the molecule is CCCCc1oc2ccccc2c1C(=O)c1ccc(N(CCCN(C)C)S(=O)(=O)c2ccccc2)cc1. The van der Waals surface area contributed by atoms with Crippen LogP contribution in [0.25, 0.3) is 11.0 Å². The number of rotatable bonds is 12. The minimum atomic E-state index is -3.76. The number of unbranched alkanes of at least 4 members (excludes halogenated alkanes) is 1. The minimum Gasteiger partial charge on any atom is -0.460 e. The van der Waals surface area contributed by atoms with Crippen LogP contribution < -0.4 is 4.31 Å². The number of carbonyl (C=O) groups excluding carboxylic acids is 1. The first-order valence-electron chi connectivity index (χ1n) is 12.7. The maximum Gasteiger partial charge on any atom is 0.264 e. The number of furan rings is 1. The number of fused-ring (bicyclic) bond motifs is 1. The number of sulfonamides is 1. The van der Waals surface area contributed by atoms with Gasteiger partial charge in [-0.25, -0.2) is 8.42 Å². The molecule has 0 aliphatic heterocycles. The molecule has 0 aliphatic rings. The number of nitrogens with zero attached hydrogens (tertiary/aromatic N) is 2. The molecule has 0 aliphatic carbocycles. The molecule has 0 amide bonds. The third-order valence-electron chi connectivity index (χ3n) is 6.37. The molecular formula is C30H34N2O4S. The summed E-state index contributed by atoms with van der Waals surface area (Å²) in [6.45, 7) is 3.19. The number of benzene rings is 3. The molecule has 0 fully saturated rings. The van der Waals surface area contributed by atoms with Crippen molar-refractivity contribution in [2.45, 2.75) is 37.5 Å². The molecule has 1 heterocycles. The van der Waals surface area contributed by atoms with E-state index in [1.807, 2.05) is 43.3 Å². The van der Waals surface area contributed by atoms with Crippen LogP contribution in [-0.4, -0.2) is 46.3 Å². The molecule has 7 heteroatoms. The third kappa shape index (κ3) is 5.95. The third-order valence-corrected chi connectivity index (χ3v) is 8.21. The minimum absolute atomic E-state index is 0.118. The van der Waals surface area contributed by atoms with Crippen LogP contribution in [0.4, 0.5) is 5.69 Å². The first-order chi connectivity index (χ1) is 17.8. The molecule has 3 aromatic carbocycles. The van der Waals surface area contributed by atoms with Crippen LogP contribution in [0.2, 0.25) is 0 Å². The first-order valence-corrected chi connectivity index (χ1v) is 14.1. The van der Waals surface area contributed by atoms with Crippen LogP contribution in [0.3, 0.4) is 0 Å². The Morgan fingerprint density at radius 1 is 0.838 bits per heavy atom. The van der Waals surface area contributed by atoms with E-state index >= 15 is 0 Å². The molecule has 1 aromatic heterocycles. The lowest BCUT2D eigenvalue weighted by Gasteiger charge is -2.25. The monoisotopic (exact) mass is 518 g/mol. The molecule has 0 radical (unpaired) electrons. The molecular weight excluding hydrogens is 484 g/mol. The quantitative estimate of drug-likeness (QED) is 0.210. The summed E-state index contributed by atoms with van der Waals surface area (Å²) < 4.78 is 34.6. The van der Waals surface area contributed by atoms with Gasteiger partial charge in [0.25, 0.3) is 10.0 Å². The fourth-order valence-electron chi connectivity index (χ4n) is 4.42. The predicted molar refractivity (Wildman–Crippen MR) is 149 cm³/mol. The van der Waals surface area contributed by atoms with E-state index in [0.717, 1.165) is 24.8 Å². The van der Waals surface area contributed by atoms with E-state index in [0.29, 0.717) is 47.5 Å². The van der Waals surface area contributed by atoms with Crippen molar-refractivity contribution in [2.75, 3.05) is 31.5 Å². The highest BCUT2D eigenvalue weighted by atomic mass is 32.2. The van der Waals surface area contributed by atoms with Gasteiger partial charge in [0, 0.05) is 23.9 Å². The Balaban J connectivity index is 1.68. The van der Waals surface area contributed by atoms with Gasteiger partial charge in [0.15, 0.2) is 5.78 Å². The zero-order valence-electron chi connectivity index (χ0n) is 21.7. The van der Waals surface area contributed by atoms with Gasteiger partial charge in [0.05, 0.1) is 16.1 Å². The molecule has 0 spiro atoms. The number of para-hydroxylation sites is 1. The first kappa shape index (κ1) is 26.6. The van der Waals surface area contributed by atoms with Crippen molar-refractivity contribution < 1.29 is 17.6 Å². The van der Waals surface area contributed by atoms with Crippen LogP contribution in [0.1, 0.15) is 47.9 Å². The topological polar surface area (TPSA) is 70.8 Å². The molecule has 0 saturated carbocycles. The van der Waals surface area contributed by atoms with E-state index in [4.69, 9.17) is 4.42 Å². The van der Waals surface area contributed by atoms with Crippen LogP contribution in [-0.2, 0) is 16.4 Å². The number of hydrogen-bond donors (Lipinski definition) is 0. The lowest BCUT2D eigenvalue weighted by Crippen LogP contribution is -2.33. The summed E-state index contributed by atoms with van der Waals surface area (Å²) >= 11 is 0.